The summed E-state index contributed by atoms with van der Waals surface area (Å²) in [5.74, 6) is -0.694. The average Bonchev–Trinajstić information content (AvgIpc) is 3.04. The summed E-state index contributed by atoms with van der Waals surface area (Å²) in [7, 11) is 0. The third-order valence-electron chi connectivity index (χ3n) is 4.21. The van der Waals surface area contributed by atoms with Gasteiger partial charge in [-0.25, -0.2) is 4.39 Å². The van der Waals surface area contributed by atoms with Crippen LogP contribution in [-0.2, 0) is 11.3 Å². The van der Waals surface area contributed by atoms with E-state index in [1.54, 1.807) is 23.5 Å². The second kappa shape index (κ2) is 7.21. The SMILES string of the molecule is NC(=O)C(c1ccc(F)cc1)N1CCN(Cc2ccsc2)CC1. The summed E-state index contributed by atoms with van der Waals surface area (Å²) in [5, 5.41) is 4.25. The summed E-state index contributed by atoms with van der Waals surface area (Å²) in [4.78, 5) is 16.4. The quantitative estimate of drug-likeness (QED) is 0.913. The average molecular weight is 333 g/mol. The third kappa shape index (κ3) is 3.96. The molecule has 1 unspecified atom stereocenters. The van der Waals surface area contributed by atoms with Gasteiger partial charge < -0.3 is 5.73 Å². The summed E-state index contributed by atoms with van der Waals surface area (Å²) in [6.07, 6.45) is 0. The Morgan fingerprint density at radius 2 is 1.87 bits per heavy atom. The van der Waals surface area contributed by atoms with Crippen LogP contribution in [0.5, 0.6) is 0 Å². The molecule has 1 aliphatic heterocycles. The lowest BCUT2D eigenvalue weighted by atomic mass is 10.0. The first-order valence-electron chi connectivity index (χ1n) is 7.66. The largest absolute Gasteiger partial charge is 0.368 e. The van der Waals surface area contributed by atoms with Crippen molar-refractivity contribution in [3.05, 3.63) is 58.0 Å². The Balaban J connectivity index is 1.64. The highest BCUT2D eigenvalue weighted by Crippen LogP contribution is 2.23. The smallest absolute Gasteiger partial charge is 0.239 e. The number of nitrogens with two attached hydrogens (primary N) is 1. The highest BCUT2D eigenvalue weighted by molar-refractivity contribution is 7.07. The number of carbonyl (C=O) groups is 1. The van der Waals surface area contributed by atoms with E-state index in [9.17, 15) is 9.18 Å². The van der Waals surface area contributed by atoms with Crippen molar-refractivity contribution in [1.82, 2.24) is 9.80 Å². The minimum Gasteiger partial charge on any atom is -0.368 e. The van der Waals surface area contributed by atoms with E-state index in [-0.39, 0.29) is 11.7 Å². The molecule has 2 heterocycles. The number of thiophene rings is 1. The van der Waals surface area contributed by atoms with Gasteiger partial charge in [-0.1, -0.05) is 12.1 Å². The van der Waals surface area contributed by atoms with Crippen molar-refractivity contribution in [3.8, 4) is 0 Å². The summed E-state index contributed by atoms with van der Waals surface area (Å²) in [6, 6.07) is 7.68. The third-order valence-corrected chi connectivity index (χ3v) is 4.95. The van der Waals surface area contributed by atoms with Gasteiger partial charge in [-0.15, -0.1) is 0 Å². The first-order chi connectivity index (χ1) is 11.1. The number of hydrogen-bond donors (Lipinski definition) is 1. The summed E-state index contributed by atoms with van der Waals surface area (Å²) < 4.78 is 13.1. The van der Waals surface area contributed by atoms with E-state index >= 15 is 0 Å². The zero-order valence-corrected chi connectivity index (χ0v) is 13.6. The van der Waals surface area contributed by atoms with E-state index in [0.29, 0.717) is 0 Å². The molecular formula is C17H20FN3OS. The molecule has 122 valence electrons. The van der Waals surface area contributed by atoms with E-state index in [0.717, 1.165) is 38.3 Å². The molecule has 0 spiro atoms. The van der Waals surface area contributed by atoms with Gasteiger partial charge >= 0.3 is 0 Å². The van der Waals surface area contributed by atoms with Gasteiger partial charge in [0.15, 0.2) is 0 Å². The van der Waals surface area contributed by atoms with Crippen LogP contribution in [0.15, 0.2) is 41.1 Å². The number of carbonyl (C=O) groups excluding carboxylic acids is 1. The first kappa shape index (κ1) is 16.1. The second-order valence-corrected chi connectivity index (χ2v) is 6.58. The fourth-order valence-corrected chi connectivity index (χ4v) is 3.68. The van der Waals surface area contributed by atoms with Crippen LogP contribution in [0.25, 0.3) is 0 Å². The van der Waals surface area contributed by atoms with Crippen LogP contribution in [0.2, 0.25) is 0 Å². The van der Waals surface area contributed by atoms with Crippen LogP contribution >= 0.6 is 11.3 Å². The van der Waals surface area contributed by atoms with E-state index < -0.39 is 6.04 Å². The molecule has 0 saturated carbocycles. The summed E-state index contributed by atoms with van der Waals surface area (Å²) in [6.45, 7) is 4.26. The lowest BCUT2D eigenvalue weighted by Gasteiger charge is -2.38. The number of hydrogen-bond acceptors (Lipinski definition) is 4. The highest BCUT2D eigenvalue weighted by Gasteiger charge is 2.28. The number of benzene rings is 1. The monoisotopic (exact) mass is 333 g/mol. The Kier molecular flexibility index (Phi) is 5.05. The van der Waals surface area contributed by atoms with Gasteiger partial charge in [0, 0.05) is 32.7 Å². The maximum Gasteiger partial charge on any atom is 0.239 e. The summed E-state index contributed by atoms with van der Waals surface area (Å²) >= 11 is 1.71. The van der Waals surface area contributed by atoms with Gasteiger partial charge in [0.2, 0.25) is 5.91 Å². The van der Waals surface area contributed by atoms with Gasteiger partial charge in [-0.3, -0.25) is 14.6 Å². The van der Waals surface area contributed by atoms with Gasteiger partial charge in [0.1, 0.15) is 11.9 Å². The fraction of sp³-hybridized carbons (Fsp3) is 0.353. The van der Waals surface area contributed by atoms with E-state index in [4.69, 9.17) is 5.73 Å². The van der Waals surface area contributed by atoms with E-state index in [2.05, 4.69) is 26.6 Å². The number of primary amides is 1. The predicted molar refractivity (Wildman–Crippen MR) is 89.5 cm³/mol. The molecule has 6 heteroatoms. The maximum atomic E-state index is 13.1. The zero-order valence-electron chi connectivity index (χ0n) is 12.8. The Hall–Kier alpha value is -1.76. The molecule has 0 bridgehead atoms. The van der Waals surface area contributed by atoms with Crippen LogP contribution in [0.3, 0.4) is 0 Å². The molecule has 0 aliphatic carbocycles. The standard InChI is InChI=1S/C17H20FN3OS/c18-15-3-1-14(2-4-15)16(17(19)22)21-8-6-20(7-9-21)11-13-5-10-23-12-13/h1-5,10,12,16H,6-9,11H2,(H2,19,22). The van der Waals surface area contributed by atoms with Crippen LogP contribution < -0.4 is 5.73 Å². The molecule has 2 aromatic rings. The molecule has 0 radical (unpaired) electrons. The van der Waals surface area contributed by atoms with Gasteiger partial charge in [0.25, 0.3) is 0 Å². The van der Waals surface area contributed by atoms with Crippen molar-refractivity contribution >= 4 is 17.2 Å². The highest BCUT2D eigenvalue weighted by atomic mass is 32.1. The molecule has 2 N–H and O–H groups in total. The minimum absolute atomic E-state index is 0.308. The Morgan fingerprint density at radius 3 is 2.43 bits per heavy atom. The van der Waals surface area contributed by atoms with Gasteiger partial charge in [-0.2, -0.15) is 11.3 Å². The zero-order chi connectivity index (χ0) is 16.2. The van der Waals surface area contributed by atoms with E-state index in [1.807, 2.05) is 0 Å². The molecule has 1 fully saturated rings. The topological polar surface area (TPSA) is 49.6 Å². The molecule has 1 saturated heterocycles. The number of rotatable bonds is 5. The van der Waals surface area contributed by atoms with Crippen molar-refractivity contribution < 1.29 is 9.18 Å². The normalized spacial score (nSPS) is 18.0. The molecule has 3 rings (SSSR count). The number of nitrogens with zero attached hydrogens (tertiary/aromatic N) is 2. The lowest BCUT2D eigenvalue weighted by Crippen LogP contribution is -2.49. The second-order valence-electron chi connectivity index (χ2n) is 5.80. The maximum absolute atomic E-state index is 13.1. The molecule has 1 atom stereocenters. The van der Waals surface area contributed by atoms with Crippen molar-refractivity contribution in [1.29, 1.82) is 0 Å². The van der Waals surface area contributed by atoms with Crippen molar-refractivity contribution in [3.63, 3.8) is 0 Å². The summed E-state index contributed by atoms with van der Waals surface area (Å²) in [5.41, 5.74) is 7.68. The van der Waals surface area contributed by atoms with Gasteiger partial charge in [-0.05, 0) is 40.1 Å². The van der Waals surface area contributed by atoms with Crippen molar-refractivity contribution in [2.45, 2.75) is 12.6 Å². The predicted octanol–water partition coefficient (Wildman–Crippen LogP) is 2.23. The van der Waals surface area contributed by atoms with Crippen LogP contribution in [0, 0.1) is 5.82 Å². The van der Waals surface area contributed by atoms with Crippen LogP contribution in [0.1, 0.15) is 17.2 Å². The minimum atomic E-state index is -0.487. The number of amides is 1. The molecule has 1 aromatic carbocycles. The Labute approximate surface area is 139 Å². The Morgan fingerprint density at radius 1 is 1.17 bits per heavy atom. The van der Waals surface area contributed by atoms with E-state index in [1.165, 1.54) is 17.7 Å². The molecule has 23 heavy (non-hydrogen) atoms. The fourth-order valence-electron chi connectivity index (χ4n) is 3.02. The van der Waals surface area contributed by atoms with Crippen LogP contribution in [0.4, 0.5) is 4.39 Å². The molecular weight excluding hydrogens is 313 g/mol. The molecule has 4 nitrogen and oxygen atoms in total. The van der Waals surface area contributed by atoms with Crippen molar-refractivity contribution in [2.24, 2.45) is 5.73 Å². The van der Waals surface area contributed by atoms with Crippen molar-refractivity contribution in [2.75, 3.05) is 26.2 Å². The van der Waals surface area contributed by atoms with Crippen LogP contribution in [-0.4, -0.2) is 41.9 Å². The molecule has 1 aromatic heterocycles. The number of halogens is 1. The Bertz CT molecular complexity index is 636. The molecule has 1 amide bonds. The first-order valence-corrected chi connectivity index (χ1v) is 8.60. The lowest BCUT2D eigenvalue weighted by molar-refractivity contribution is -0.124. The number of piperazine rings is 1. The molecule has 1 aliphatic rings. The van der Waals surface area contributed by atoms with Gasteiger partial charge in [0.05, 0.1) is 0 Å².